The van der Waals surface area contributed by atoms with Gasteiger partial charge in [-0.05, 0) is 48.2 Å². The fourth-order valence-corrected chi connectivity index (χ4v) is 2.19. The van der Waals surface area contributed by atoms with E-state index in [0.29, 0.717) is 0 Å². The van der Waals surface area contributed by atoms with Gasteiger partial charge in [-0.3, -0.25) is 0 Å². The third kappa shape index (κ3) is 4.91. The summed E-state index contributed by atoms with van der Waals surface area (Å²) in [6, 6.07) is 17.1. The van der Waals surface area contributed by atoms with Gasteiger partial charge in [0, 0.05) is 6.54 Å². The van der Waals surface area contributed by atoms with Gasteiger partial charge in [-0.15, -0.1) is 0 Å². The van der Waals surface area contributed by atoms with Gasteiger partial charge in [-0.25, -0.2) is 0 Å². The molecule has 0 radical (unpaired) electrons. The number of nitrogens with one attached hydrogen (secondary N) is 1. The molecule has 2 rings (SSSR count). The summed E-state index contributed by atoms with van der Waals surface area (Å²) in [4.78, 5) is 0. The molecule has 0 heterocycles. The van der Waals surface area contributed by atoms with Gasteiger partial charge < -0.3 is 10.1 Å². The van der Waals surface area contributed by atoms with Gasteiger partial charge in [0.25, 0.3) is 0 Å². The van der Waals surface area contributed by atoms with Crippen molar-refractivity contribution in [2.75, 3.05) is 13.2 Å². The third-order valence-electron chi connectivity index (χ3n) is 3.37. The van der Waals surface area contributed by atoms with Crippen LogP contribution < -0.4 is 10.1 Å². The minimum absolute atomic E-state index is 0.777. The van der Waals surface area contributed by atoms with Gasteiger partial charge in [0.1, 0.15) is 5.75 Å². The lowest BCUT2D eigenvalue weighted by Gasteiger charge is -2.08. The highest BCUT2D eigenvalue weighted by atomic mass is 16.5. The van der Waals surface area contributed by atoms with E-state index in [2.05, 4.69) is 55.6 Å². The number of hydrogen-bond donors (Lipinski definition) is 1. The van der Waals surface area contributed by atoms with E-state index in [4.69, 9.17) is 4.74 Å². The Morgan fingerprint density at radius 1 is 0.810 bits per heavy atom. The van der Waals surface area contributed by atoms with Crippen LogP contribution in [-0.2, 0) is 6.54 Å². The van der Waals surface area contributed by atoms with Crippen molar-refractivity contribution in [3.05, 3.63) is 54.1 Å². The normalized spacial score (nSPS) is 10.6. The first kappa shape index (κ1) is 15.6. The number of ether oxygens (including phenoxy) is 1. The quantitative estimate of drug-likeness (QED) is 0.712. The summed E-state index contributed by atoms with van der Waals surface area (Å²) in [5, 5.41) is 3.42. The van der Waals surface area contributed by atoms with E-state index in [1.54, 1.807) is 0 Å². The molecule has 0 amide bonds. The first-order valence-electron chi connectivity index (χ1n) is 7.86. The fourth-order valence-electron chi connectivity index (χ4n) is 2.19. The van der Waals surface area contributed by atoms with Crippen LogP contribution in [0.2, 0.25) is 0 Å². The number of hydrogen-bond acceptors (Lipinski definition) is 2. The minimum Gasteiger partial charge on any atom is -0.494 e. The Bertz CT molecular complexity index is 516. The van der Waals surface area contributed by atoms with E-state index < -0.39 is 0 Å². The average molecular weight is 283 g/mol. The highest BCUT2D eigenvalue weighted by Gasteiger charge is 1.99. The molecule has 0 bridgehead atoms. The highest BCUT2D eigenvalue weighted by Crippen LogP contribution is 2.23. The summed E-state index contributed by atoms with van der Waals surface area (Å²) < 4.78 is 5.61. The monoisotopic (exact) mass is 283 g/mol. The maximum Gasteiger partial charge on any atom is 0.119 e. The average Bonchev–Trinajstić information content (AvgIpc) is 2.54. The van der Waals surface area contributed by atoms with Gasteiger partial charge in [0.2, 0.25) is 0 Å². The molecule has 0 aromatic heterocycles. The zero-order valence-electron chi connectivity index (χ0n) is 13.1. The van der Waals surface area contributed by atoms with E-state index in [1.807, 2.05) is 12.1 Å². The molecule has 2 heteroatoms. The van der Waals surface area contributed by atoms with Crippen molar-refractivity contribution in [3.63, 3.8) is 0 Å². The lowest BCUT2D eigenvalue weighted by molar-refractivity contribution is 0.317. The summed E-state index contributed by atoms with van der Waals surface area (Å²) in [6.45, 7) is 7.09. The van der Waals surface area contributed by atoms with Gasteiger partial charge in [0.15, 0.2) is 0 Å². The van der Waals surface area contributed by atoms with Crippen LogP contribution in [0.25, 0.3) is 11.1 Å². The second-order valence-corrected chi connectivity index (χ2v) is 5.25. The second kappa shape index (κ2) is 8.48. The third-order valence-corrected chi connectivity index (χ3v) is 3.37. The van der Waals surface area contributed by atoms with Crippen LogP contribution in [0, 0.1) is 0 Å². The van der Waals surface area contributed by atoms with Crippen molar-refractivity contribution in [1.29, 1.82) is 0 Å². The molecule has 2 aromatic rings. The maximum absolute atomic E-state index is 5.61. The Hall–Kier alpha value is -1.80. The van der Waals surface area contributed by atoms with Crippen molar-refractivity contribution < 1.29 is 4.74 Å². The molecule has 0 saturated heterocycles. The topological polar surface area (TPSA) is 21.3 Å². The molecule has 0 unspecified atom stereocenters. The predicted molar refractivity (Wildman–Crippen MR) is 89.7 cm³/mol. The van der Waals surface area contributed by atoms with Crippen LogP contribution in [-0.4, -0.2) is 13.2 Å². The van der Waals surface area contributed by atoms with Crippen LogP contribution in [0.3, 0.4) is 0 Å². The van der Waals surface area contributed by atoms with Crippen LogP contribution >= 0.6 is 0 Å². The highest BCUT2D eigenvalue weighted by molar-refractivity contribution is 5.64. The maximum atomic E-state index is 5.61. The molecule has 0 spiro atoms. The molecule has 2 aromatic carbocycles. The van der Waals surface area contributed by atoms with Gasteiger partial charge >= 0.3 is 0 Å². The number of benzene rings is 2. The predicted octanol–water partition coefficient (Wildman–Crippen LogP) is 4.64. The summed E-state index contributed by atoms with van der Waals surface area (Å²) in [7, 11) is 0. The van der Waals surface area contributed by atoms with E-state index in [-0.39, 0.29) is 0 Å². The van der Waals surface area contributed by atoms with Gasteiger partial charge in [0.05, 0.1) is 6.61 Å². The van der Waals surface area contributed by atoms with Crippen molar-refractivity contribution in [1.82, 2.24) is 5.32 Å². The number of rotatable bonds is 8. The van der Waals surface area contributed by atoms with Gasteiger partial charge in [-0.2, -0.15) is 0 Å². The van der Waals surface area contributed by atoms with Crippen molar-refractivity contribution >= 4 is 0 Å². The van der Waals surface area contributed by atoms with Crippen LogP contribution in [0.4, 0.5) is 0 Å². The Kier molecular flexibility index (Phi) is 6.29. The molecular weight excluding hydrogens is 258 g/mol. The molecule has 0 aliphatic heterocycles. The fraction of sp³-hybridized carbons (Fsp3) is 0.368. The lowest BCUT2D eigenvalue weighted by atomic mass is 10.0. The lowest BCUT2D eigenvalue weighted by Crippen LogP contribution is -2.13. The Morgan fingerprint density at radius 3 is 2.00 bits per heavy atom. The molecule has 21 heavy (non-hydrogen) atoms. The Morgan fingerprint density at radius 2 is 1.43 bits per heavy atom. The zero-order chi connectivity index (χ0) is 14.9. The molecule has 0 fully saturated rings. The van der Waals surface area contributed by atoms with E-state index in [1.165, 1.54) is 23.1 Å². The zero-order valence-corrected chi connectivity index (χ0v) is 13.1. The second-order valence-electron chi connectivity index (χ2n) is 5.25. The molecule has 0 atom stereocenters. The van der Waals surface area contributed by atoms with Crippen LogP contribution in [0.15, 0.2) is 48.5 Å². The SMILES string of the molecule is CCCNCc1ccc(-c2ccc(OCCC)cc2)cc1. The molecular formula is C19H25NO. The van der Waals surface area contributed by atoms with Gasteiger partial charge in [-0.1, -0.05) is 50.2 Å². The van der Waals surface area contributed by atoms with Crippen molar-refractivity contribution in [3.8, 4) is 16.9 Å². The summed E-state index contributed by atoms with van der Waals surface area (Å²) in [6.07, 6.45) is 2.21. The van der Waals surface area contributed by atoms with Crippen LogP contribution in [0.1, 0.15) is 32.3 Å². The molecule has 1 N–H and O–H groups in total. The van der Waals surface area contributed by atoms with Crippen LogP contribution in [0.5, 0.6) is 5.75 Å². The van der Waals surface area contributed by atoms with E-state index >= 15 is 0 Å². The minimum atomic E-state index is 0.777. The first-order valence-corrected chi connectivity index (χ1v) is 7.86. The summed E-state index contributed by atoms with van der Waals surface area (Å²) in [5.41, 5.74) is 3.80. The molecule has 0 aliphatic rings. The standard InChI is InChI=1S/C19H25NO/c1-3-13-20-15-16-5-7-17(8-6-16)18-9-11-19(12-10-18)21-14-4-2/h5-12,20H,3-4,13-15H2,1-2H3. The summed E-state index contributed by atoms with van der Waals surface area (Å²) in [5.74, 6) is 0.945. The van der Waals surface area contributed by atoms with E-state index in [0.717, 1.165) is 31.9 Å². The molecule has 112 valence electrons. The Balaban J connectivity index is 1.97. The first-order chi connectivity index (χ1) is 10.3. The van der Waals surface area contributed by atoms with Crippen molar-refractivity contribution in [2.24, 2.45) is 0 Å². The largest absolute Gasteiger partial charge is 0.494 e. The summed E-state index contributed by atoms with van der Waals surface area (Å²) >= 11 is 0. The Labute approximate surface area is 128 Å². The smallest absolute Gasteiger partial charge is 0.119 e. The molecule has 0 saturated carbocycles. The molecule has 0 aliphatic carbocycles. The van der Waals surface area contributed by atoms with E-state index in [9.17, 15) is 0 Å². The van der Waals surface area contributed by atoms with Crippen molar-refractivity contribution in [2.45, 2.75) is 33.2 Å². The molecule has 2 nitrogen and oxygen atoms in total.